The number of hydrogen-bond donors (Lipinski definition) is 1. The first-order valence-electron chi connectivity index (χ1n) is 10.2. The number of methoxy groups -OCH3 is 1. The average molecular weight is 444 g/mol. The van der Waals surface area contributed by atoms with Gasteiger partial charge in [0.25, 0.3) is 5.56 Å². The minimum Gasteiger partial charge on any atom is -0.516 e. The summed E-state index contributed by atoms with van der Waals surface area (Å²) in [7, 11) is 1.61. The zero-order chi connectivity index (χ0) is 23.2. The van der Waals surface area contributed by atoms with E-state index in [2.05, 4.69) is 21.9 Å². The second-order valence-electron chi connectivity index (χ2n) is 7.24. The Bertz CT molecular complexity index is 1350. The Labute approximate surface area is 189 Å². The first-order valence-corrected chi connectivity index (χ1v) is 10.2. The predicted molar refractivity (Wildman–Crippen MR) is 123 cm³/mol. The van der Waals surface area contributed by atoms with Crippen molar-refractivity contribution in [2.45, 2.75) is 19.1 Å². The van der Waals surface area contributed by atoms with Gasteiger partial charge in [0, 0.05) is 30.5 Å². The van der Waals surface area contributed by atoms with Crippen LogP contribution in [0, 0.1) is 11.8 Å². The minimum absolute atomic E-state index is 0.197. The Balaban J connectivity index is 1.71. The summed E-state index contributed by atoms with van der Waals surface area (Å²) in [6, 6.07) is 7.63. The molecule has 0 saturated carbocycles. The molecule has 1 atom stereocenters. The van der Waals surface area contributed by atoms with E-state index in [4.69, 9.17) is 9.84 Å². The van der Waals surface area contributed by atoms with E-state index < -0.39 is 6.17 Å². The lowest BCUT2D eigenvalue weighted by atomic mass is 10.2. The predicted octanol–water partition coefficient (Wildman–Crippen LogP) is 3.53. The Morgan fingerprint density at radius 1 is 1.27 bits per heavy atom. The number of aromatic nitrogens is 4. The number of nitrogens with zero attached hydrogens (tertiary/aromatic N) is 4. The molecule has 1 aliphatic rings. The fourth-order valence-electron chi connectivity index (χ4n) is 3.31. The van der Waals surface area contributed by atoms with Gasteiger partial charge in [-0.25, -0.2) is 9.37 Å². The highest BCUT2D eigenvalue weighted by atomic mass is 19.1. The number of benzene rings is 1. The van der Waals surface area contributed by atoms with Crippen LogP contribution in [0.3, 0.4) is 0 Å². The van der Waals surface area contributed by atoms with Crippen LogP contribution in [0.2, 0.25) is 0 Å². The summed E-state index contributed by atoms with van der Waals surface area (Å²) in [5.41, 5.74) is 2.35. The Kier molecular flexibility index (Phi) is 6.51. The molecular formula is C25H21FN4O3. The molecule has 33 heavy (non-hydrogen) atoms. The molecule has 0 saturated heterocycles. The molecule has 0 bridgehead atoms. The van der Waals surface area contributed by atoms with Crippen molar-refractivity contribution in [3.8, 4) is 28.8 Å². The van der Waals surface area contributed by atoms with Crippen molar-refractivity contribution in [2.24, 2.45) is 0 Å². The van der Waals surface area contributed by atoms with Crippen LogP contribution < -0.4 is 10.3 Å². The molecule has 3 aromatic rings. The second-order valence-corrected chi connectivity index (χ2v) is 7.24. The molecule has 0 amide bonds. The third-order valence-electron chi connectivity index (χ3n) is 4.95. The number of aliphatic hydroxyl groups excluding tert-OH is 1. The summed E-state index contributed by atoms with van der Waals surface area (Å²) in [5, 5.41) is 13.4. The lowest BCUT2D eigenvalue weighted by molar-refractivity contribution is 0.414. The van der Waals surface area contributed by atoms with Gasteiger partial charge < -0.3 is 9.84 Å². The summed E-state index contributed by atoms with van der Waals surface area (Å²) in [5.74, 6) is 5.81. The van der Waals surface area contributed by atoms with Crippen molar-refractivity contribution < 1.29 is 14.2 Å². The van der Waals surface area contributed by atoms with Crippen LogP contribution in [-0.2, 0) is 13.0 Å². The number of aliphatic hydroxyl groups is 1. The Morgan fingerprint density at radius 3 is 2.85 bits per heavy atom. The van der Waals surface area contributed by atoms with Gasteiger partial charge in [0.15, 0.2) is 6.17 Å². The number of alkyl halides is 1. The summed E-state index contributed by atoms with van der Waals surface area (Å²) < 4.78 is 21.9. The molecule has 1 N–H and O–H groups in total. The molecule has 2 aromatic heterocycles. The fraction of sp³-hybridized carbons (Fsp3) is 0.160. The van der Waals surface area contributed by atoms with Gasteiger partial charge in [0.2, 0.25) is 0 Å². The van der Waals surface area contributed by atoms with E-state index in [1.54, 1.807) is 30.4 Å². The van der Waals surface area contributed by atoms with Crippen molar-refractivity contribution in [1.82, 2.24) is 19.3 Å². The van der Waals surface area contributed by atoms with E-state index in [0.29, 0.717) is 29.9 Å². The summed E-state index contributed by atoms with van der Waals surface area (Å²) >= 11 is 0. The molecule has 1 unspecified atom stereocenters. The lowest BCUT2D eigenvalue weighted by Gasteiger charge is -2.10. The van der Waals surface area contributed by atoms with Crippen molar-refractivity contribution in [2.75, 3.05) is 7.11 Å². The van der Waals surface area contributed by atoms with Gasteiger partial charge in [-0.05, 0) is 35.9 Å². The number of hydrogen-bond acceptors (Lipinski definition) is 5. The SMILES string of the molecule is COc1ccc(Cn2cc(-c3nc(C/C=C/O)cn(C4=CC#CC(F)C=C4)c3=O)cn2)cc1. The zero-order valence-electron chi connectivity index (χ0n) is 17.9. The maximum atomic E-state index is 13.6. The number of rotatable bonds is 7. The van der Waals surface area contributed by atoms with Crippen LogP contribution in [0.1, 0.15) is 11.3 Å². The van der Waals surface area contributed by atoms with Crippen molar-refractivity contribution >= 4 is 5.70 Å². The van der Waals surface area contributed by atoms with Gasteiger partial charge in [-0.3, -0.25) is 14.0 Å². The highest BCUT2D eigenvalue weighted by Crippen LogP contribution is 2.18. The van der Waals surface area contributed by atoms with Crippen molar-refractivity contribution in [3.05, 3.63) is 95.0 Å². The normalized spacial score (nSPS) is 15.1. The largest absolute Gasteiger partial charge is 0.516 e. The van der Waals surface area contributed by atoms with Crippen LogP contribution >= 0.6 is 0 Å². The quantitative estimate of drug-likeness (QED) is 0.445. The summed E-state index contributed by atoms with van der Waals surface area (Å²) in [6.45, 7) is 0.506. The molecule has 0 radical (unpaired) electrons. The van der Waals surface area contributed by atoms with Crippen LogP contribution in [0.15, 0.2) is 78.2 Å². The monoisotopic (exact) mass is 444 g/mol. The molecule has 8 heteroatoms. The van der Waals surface area contributed by atoms with Gasteiger partial charge in [-0.2, -0.15) is 5.10 Å². The number of halogens is 1. The molecule has 1 aromatic carbocycles. The lowest BCUT2D eigenvalue weighted by Crippen LogP contribution is -2.23. The van der Waals surface area contributed by atoms with Gasteiger partial charge >= 0.3 is 0 Å². The number of allylic oxidation sites excluding steroid dienone is 5. The molecule has 2 heterocycles. The highest BCUT2D eigenvalue weighted by molar-refractivity contribution is 5.65. The third kappa shape index (κ3) is 5.10. The first-order chi connectivity index (χ1) is 16.1. The number of ether oxygens (including phenoxy) is 1. The Morgan fingerprint density at radius 2 is 2.09 bits per heavy atom. The maximum absolute atomic E-state index is 13.6. The standard InChI is InChI=1S/C25H21FN4O3/c1-33-23-11-7-18(8-12-23)15-29-16-19(14-27-29)24-25(32)30(17-21(28-24)5-3-13-31)22-6-2-4-20(26)9-10-22/h3,6-14,16-17,20,31H,5,15H2,1H3/b13-3+. The third-order valence-corrected chi connectivity index (χ3v) is 4.95. The maximum Gasteiger partial charge on any atom is 0.281 e. The zero-order valence-corrected chi connectivity index (χ0v) is 17.9. The Hall–Kier alpha value is -4.38. The van der Waals surface area contributed by atoms with Crippen LogP contribution in [0.5, 0.6) is 5.75 Å². The topological polar surface area (TPSA) is 82.2 Å². The van der Waals surface area contributed by atoms with E-state index in [0.717, 1.165) is 17.6 Å². The first kappa shape index (κ1) is 21.8. The highest BCUT2D eigenvalue weighted by Gasteiger charge is 2.15. The minimum atomic E-state index is -1.40. The van der Waals surface area contributed by atoms with Crippen molar-refractivity contribution in [1.29, 1.82) is 0 Å². The van der Waals surface area contributed by atoms with E-state index in [1.807, 2.05) is 24.3 Å². The van der Waals surface area contributed by atoms with Gasteiger partial charge in [0.05, 0.1) is 37.5 Å². The molecule has 4 rings (SSSR count). The van der Waals surface area contributed by atoms with E-state index in [9.17, 15) is 9.18 Å². The van der Waals surface area contributed by atoms with Crippen LogP contribution in [0.25, 0.3) is 17.0 Å². The molecule has 0 aliphatic heterocycles. The molecule has 7 nitrogen and oxygen atoms in total. The summed E-state index contributed by atoms with van der Waals surface area (Å²) in [6.07, 6.45) is 10.5. The van der Waals surface area contributed by atoms with E-state index >= 15 is 0 Å². The molecule has 166 valence electrons. The van der Waals surface area contributed by atoms with Crippen molar-refractivity contribution in [3.63, 3.8) is 0 Å². The van der Waals surface area contributed by atoms with E-state index in [-0.39, 0.29) is 11.3 Å². The molecule has 1 aliphatic carbocycles. The smallest absolute Gasteiger partial charge is 0.281 e. The average Bonchev–Trinajstić information content (AvgIpc) is 3.18. The fourth-order valence-corrected chi connectivity index (χ4v) is 3.31. The van der Waals surface area contributed by atoms with Crippen LogP contribution in [0.4, 0.5) is 4.39 Å². The molecule has 0 fully saturated rings. The van der Waals surface area contributed by atoms with Gasteiger partial charge in [-0.15, -0.1) is 0 Å². The molecule has 0 spiro atoms. The second kappa shape index (κ2) is 9.83. The van der Waals surface area contributed by atoms with Gasteiger partial charge in [-0.1, -0.05) is 24.0 Å². The molecular weight excluding hydrogens is 423 g/mol. The summed E-state index contributed by atoms with van der Waals surface area (Å²) in [4.78, 5) is 17.8. The van der Waals surface area contributed by atoms with E-state index in [1.165, 1.54) is 28.9 Å². The van der Waals surface area contributed by atoms with Crippen LogP contribution in [-0.4, -0.2) is 37.7 Å². The van der Waals surface area contributed by atoms with Gasteiger partial charge in [0.1, 0.15) is 11.4 Å².